The van der Waals surface area contributed by atoms with Gasteiger partial charge in [-0.05, 0) is 19.1 Å². The third kappa shape index (κ3) is 1.41. The van der Waals surface area contributed by atoms with E-state index >= 15 is 0 Å². The lowest BCUT2D eigenvalue weighted by atomic mass is 10.0. The molecule has 4 heterocycles. The first-order valence-corrected chi connectivity index (χ1v) is 7.25. The van der Waals surface area contributed by atoms with Gasteiger partial charge in [0, 0.05) is 28.6 Å². The summed E-state index contributed by atoms with van der Waals surface area (Å²) < 4.78 is 5.96. The van der Waals surface area contributed by atoms with Gasteiger partial charge < -0.3 is 4.74 Å². The second kappa shape index (κ2) is 4.07. The highest BCUT2D eigenvalue weighted by Gasteiger charge is 2.25. The molecule has 1 aliphatic rings. The van der Waals surface area contributed by atoms with Crippen LogP contribution in [-0.4, -0.2) is 32.0 Å². The Labute approximate surface area is 125 Å². The molecule has 5 rings (SSSR count). The van der Waals surface area contributed by atoms with Crippen molar-refractivity contribution in [1.82, 2.24) is 25.4 Å². The number of nitrogens with one attached hydrogen (secondary N) is 2. The summed E-state index contributed by atoms with van der Waals surface area (Å²) in [6.45, 7) is 2.70. The molecule has 4 aromatic rings. The number of hydrogen-bond acceptors (Lipinski definition) is 4. The van der Waals surface area contributed by atoms with Crippen LogP contribution in [0.1, 0.15) is 11.3 Å². The minimum absolute atomic E-state index is 0.689. The number of pyridine rings is 1. The van der Waals surface area contributed by atoms with Gasteiger partial charge in [0.1, 0.15) is 5.75 Å². The van der Waals surface area contributed by atoms with Gasteiger partial charge in [-0.15, -0.1) is 0 Å². The molecule has 22 heavy (non-hydrogen) atoms. The zero-order valence-electron chi connectivity index (χ0n) is 12.0. The van der Waals surface area contributed by atoms with E-state index in [0.29, 0.717) is 6.61 Å². The number of aryl methyl sites for hydroxylation is 1. The first kappa shape index (κ1) is 11.7. The number of benzene rings is 1. The Morgan fingerprint density at radius 2 is 2.05 bits per heavy atom. The lowest BCUT2D eigenvalue weighted by Crippen LogP contribution is -1.93. The summed E-state index contributed by atoms with van der Waals surface area (Å²) in [5.74, 6) is 0.938. The van der Waals surface area contributed by atoms with Crippen LogP contribution in [0.15, 0.2) is 24.5 Å². The van der Waals surface area contributed by atoms with Crippen LogP contribution in [0.25, 0.3) is 33.1 Å². The number of ether oxygens (including phenoxy) is 1. The molecular formula is C16H13N5O. The molecule has 1 aromatic carbocycles. The van der Waals surface area contributed by atoms with Gasteiger partial charge in [0.15, 0.2) is 0 Å². The molecule has 0 bridgehead atoms. The largest absolute Gasteiger partial charge is 0.492 e. The summed E-state index contributed by atoms with van der Waals surface area (Å²) >= 11 is 0. The molecule has 0 spiro atoms. The molecule has 0 saturated carbocycles. The van der Waals surface area contributed by atoms with Crippen LogP contribution in [-0.2, 0) is 6.42 Å². The molecular weight excluding hydrogens is 278 g/mol. The van der Waals surface area contributed by atoms with Gasteiger partial charge in [-0.3, -0.25) is 10.2 Å². The maximum Gasteiger partial charge on any atom is 0.134 e. The fourth-order valence-electron chi connectivity index (χ4n) is 3.24. The first-order valence-electron chi connectivity index (χ1n) is 7.25. The Bertz CT molecular complexity index is 1030. The first-order chi connectivity index (χ1) is 10.8. The minimum Gasteiger partial charge on any atom is -0.492 e. The molecule has 0 radical (unpaired) electrons. The Morgan fingerprint density at radius 3 is 2.91 bits per heavy atom. The van der Waals surface area contributed by atoms with Crippen LogP contribution in [0.3, 0.4) is 0 Å². The Hall–Kier alpha value is -2.89. The summed E-state index contributed by atoms with van der Waals surface area (Å²) in [6.07, 6.45) is 4.54. The second-order valence-corrected chi connectivity index (χ2v) is 5.57. The molecule has 0 fully saturated rings. The number of rotatable bonds is 1. The lowest BCUT2D eigenvalue weighted by Gasteiger charge is -2.10. The fourth-order valence-corrected chi connectivity index (χ4v) is 3.24. The summed E-state index contributed by atoms with van der Waals surface area (Å²) in [5, 5.41) is 16.4. The number of aromatic nitrogens is 5. The molecule has 0 amide bonds. The van der Waals surface area contributed by atoms with Crippen LogP contribution in [0.4, 0.5) is 0 Å². The third-order valence-corrected chi connectivity index (χ3v) is 4.30. The topological polar surface area (TPSA) is 79.5 Å². The van der Waals surface area contributed by atoms with Crippen molar-refractivity contribution in [3.8, 4) is 17.0 Å². The lowest BCUT2D eigenvalue weighted by molar-refractivity contribution is 0.360. The number of fused-ring (bicyclic) bond motifs is 5. The highest BCUT2D eigenvalue weighted by atomic mass is 16.5. The molecule has 6 heteroatoms. The molecule has 1 aliphatic heterocycles. The maximum atomic E-state index is 5.96. The van der Waals surface area contributed by atoms with E-state index < -0.39 is 0 Å². The van der Waals surface area contributed by atoms with Crippen molar-refractivity contribution in [2.75, 3.05) is 6.61 Å². The number of H-pyrrole nitrogens is 2. The van der Waals surface area contributed by atoms with Crippen molar-refractivity contribution in [1.29, 1.82) is 0 Å². The zero-order valence-corrected chi connectivity index (χ0v) is 12.0. The van der Waals surface area contributed by atoms with E-state index in [2.05, 4.69) is 20.4 Å². The van der Waals surface area contributed by atoms with E-state index in [1.54, 1.807) is 0 Å². The van der Waals surface area contributed by atoms with Crippen LogP contribution >= 0.6 is 0 Å². The SMILES string of the molecule is Cc1[nH]ncc1-c1nc2ccc3[nH]ncc3c2c2c1CCO2. The predicted octanol–water partition coefficient (Wildman–Crippen LogP) is 2.74. The smallest absolute Gasteiger partial charge is 0.134 e. The third-order valence-electron chi connectivity index (χ3n) is 4.30. The Morgan fingerprint density at radius 1 is 1.14 bits per heavy atom. The van der Waals surface area contributed by atoms with Crippen LogP contribution in [0, 0.1) is 6.92 Å². The zero-order chi connectivity index (χ0) is 14.7. The number of hydrogen-bond donors (Lipinski definition) is 2. The summed E-state index contributed by atoms with van der Waals surface area (Å²) in [5.41, 5.74) is 6.10. The van der Waals surface area contributed by atoms with Gasteiger partial charge in [0.05, 0.1) is 41.1 Å². The highest BCUT2D eigenvalue weighted by molar-refractivity contribution is 6.09. The molecule has 0 unspecified atom stereocenters. The van der Waals surface area contributed by atoms with Crippen molar-refractivity contribution in [3.63, 3.8) is 0 Å². The molecule has 0 atom stereocenters. The van der Waals surface area contributed by atoms with E-state index in [4.69, 9.17) is 9.72 Å². The van der Waals surface area contributed by atoms with Gasteiger partial charge in [-0.1, -0.05) is 0 Å². The quantitative estimate of drug-likeness (QED) is 0.565. The molecule has 6 nitrogen and oxygen atoms in total. The standard InChI is InChI=1S/C16H13N5O/c1-8-10(6-17-20-8)15-9-4-5-22-16(9)14-11-7-18-21-12(11)2-3-13(14)19-15/h2-3,6-7H,4-5H2,1H3,(H,17,20)(H,18,21). The average molecular weight is 291 g/mol. The molecule has 3 aromatic heterocycles. The van der Waals surface area contributed by atoms with E-state index in [0.717, 1.165) is 56.5 Å². The van der Waals surface area contributed by atoms with Gasteiger partial charge in [0.25, 0.3) is 0 Å². The second-order valence-electron chi connectivity index (χ2n) is 5.57. The van der Waals surface area contributed by atoms with E-state index in [9.17, 15) is 0 Å². The van der Waals surface area contributed by atoms with Crippen molar-refractivity contribution in [2.45, 2.75) is 13.3 Å². The summed E-state index contributed by atoms with van der Waals surface area (Å²) in [6, 6.07) is 4.02. The normalized spacial score (nSPS) is 13.7. The van der Waals surface area contributed by atoms with Gasteiger partial charge in [-0.2, -0.15) is 10.2 Å². The maximum absolute atomic E-state index is 5.96. The predicted molar refractivity (Wildman–Crippen MR) is 82.9 cm³/mol. The van der Waals surface area contributed by atoms with Crippen molar-refractivity contribution < 1.29 is 4.74 Å². The van der Waals surface area contributed by atoms with Crippen LogP contribution in [0.2, 0.25) is 0 Å². The summed E-state index contributed by atoms with van der Waals surface area (Å²) in [4.78, 5) is 4.90. The van der Waals surface area contributed by atoms with Crippen LogP contribution < -0.4 is 4.74 Å². The molecule has 108 valence electrons. The Balaban J connectivity index is 1.95. The van der Waals surface area contributed by atoms with Gasteiger partial charge in [-0.25, -0.2) is 4.98 Å². The van der Waals surface area contributed by atoms with E-state index in [1.807, 2.05) is 31.5 Å². The van der Waals surface area contributed by atoms with Crippen LogP contribution in [0.5, 0.6) is 5.75 Å². The monoisotopic (exact) mass is 291 g/mol. The molecule has 0 aliphatic carbocycles. The van der Waals surface area contributed by atoms with E-state index in [-0.39, 0.29) is 0 Å². The van der Waals surface area contributed by atoms with Gasteiger partial charge >= 0.3 is 0 Å². The summed E-state index contributed by atoms with van der Waals surface area (Å²) in [7, 11) is 0. The fraction of sp³-hybridized carbons (Fsp3) is 0.188. The molecule has 2 N–H and O–H groups in total. The van der Waals surface area contributed by atoms with Gasteiger partial charge in [0.2, 0.25) is 0 Å². The van der Waals surface area contributed by atoms with Crippen molar-refractivity contribution >= 4 is 21.8 Å². The minimum atomic E-state index is 0.689. The molecule has 0 saturated heterocycles. The highest BCUT2D eigenvalue weighted by Crippen LogP contribution is 2.42. The number of aromatic amines is 2. The van der Waals surface area contributed by atoms with Crippen molar-refractivity contribution in [2.24, 2.45) is 0 Å². The number of nitrogens with zero attached hydrogens (tertiary/aromatic N) is 3. The Kier molecular flexibility index (Phi) is 2.17. The average Bonchev–Trinajstić information content (AvgIpc) is 3.25. The van der Waals surface area contributed by atoms with E-state index in [1.165, 1.54) is 0 Å². The van der Waals surface area contributed by atoms with Crippen molar-refractivity contribution in [3.05, 3.63) is 35.8 Å².